The van der Waals surface area contributed by atoms with Crippen LogP contribution in [0, 0.1) is 0 Å². The van der Waals surface area contributed by atoms with Gasteiger partial charge in [0.15, 0.2) is 5.82 Å². The van der Waals surface area contributed by atoms with Crippen molar-refractivity contribution in [2.24, 2.45) is 0 Å². The number of nitrogens with zero attached hydrogens (tertiary/aromatic N) is 3. The van der Waals surface area contributed by atoms with E-state index < -0.39 is 17.6 Å². The molecule has 0 aliphatic heterocycles. The molecule has 3 N–H and O–H groups in total. The lowest BCUT2D eigenvalue weighted by Crippen LogP contribution is -2.24. The Morgan fingerprint density at radius 2 is 1.76 bits per heavy atom. The molecule has 33 heavy (non-hydrogen) atoms. The van der Waals surface area contributed by atoms with Crippen molar-refractivity contribution in [1.82, 2.24) is 25.5 Å². The number of H-pyrrole nitrogens is 1. The molecule has 0 atom stereocenters. The number of benzene rings is 2. The third kappa shape index (κ3) is 5.53. The second kappa shape index (κ2) is 9.51. The highest BCUT2D eigenvalue weighted by molar-refractivity contribution is 5.95. The number of rotatable bonds is 7. The number of halogens is 3. The van der Waals surface area contributed by atoms with Crippen molar-refractivity contribution in [3.63, 3.8) is 0 Å². The third-order valence-corrected chi connectivity index (χ3v) is 4.82. The van der Waals surface area contributed by atoms with E-state index in [9.17, 15) is 18.0 Å². The summed E-state index contributed by atoms with van der Waals surface area (Å²) < 4.78 is 39.4. The number of hydrogen-bond donors (Lipinski definition) is 3. The van der Waals surface area contributed by atoms with Crippen LogP contribution >= 0.6 is 0 Å². The van der Waals surface area contributed by atoms with E-state index in [-0.39, 0.29) is 12.1 Å². The van der Waals surface area contributed by atoms with Crippen LogP contribution < -0.4 is 10.6 Å². The third-order valence-electron chi connectivity index (χ3n) is 4.82. The van der Waals surface area contributed by atoms with Crippen LogP contribution in [-0.2, 0) is 19.3 Å². The number of hydrogen-bond acceptors (Lipinski definition) is 5. The van der Waals surface area contributed by atoms with E-state index in [1.54, 1.807) is 48.8 Å². The molecule has 0 unspecified atom stereocenters. The van der Waals surface area contributed by atoms with Crippen molar-refractivity contribution in [3.05, 3.63) is 95.6 Å². The maximum Gasteiger partial charge on any atom is 0.416 e. The van der Waals surface area contributed by atoms with E-state index in [2.05, 4.69) is 30.8 Å². The SMILES string of the molecule is O=C(NCc1ccccc1C(F)(F)F)c1cccc(NCc2nc(-c3ccncc3)n[nH]2)c1. The smallest absolute Gasteiger partial charge is 0.378 e. The highest BCUT2D eigenvalue weighted by Crippen LogP contribution is 2.31. The number of aromatic amines is 1. The molecule has 0 aliphatic rings. The summed E-state index contributed by atoms with van der Waals surface area (Å²) in [6.07, 6.45) is -1.17. The van der Waals surface area contributed by atoms with E-state index in [0.717, 1.165) is 11.6 Å². The second-order valence-corrected chi connectivity index (χ2v) is 7.11. The standard InChI is InChI=1S/C23H19F3N6O/c24-23(25,26)19-7-2-1-4-17(19)13-29-22(33)16-5-3-6-18(12-16)28-14-20-30-21(32-31-20)15-8-10-27-11-9-15/h1-12,28H,13-14H2,(H,29,33)(H,30,31,32). The van der Waals surface area contributed by atoms with Crippen molar-refractivity contribution >= 4 is 11.6 Å². The molecule has 10 heteroatoms. The monoisotopic (exact) mass is 452 g/mol. The van der Waals surface area contributed by atoms with Crippen LogP contribution in [0.3, 0.4) is 0 Å². The topological polar surface area (TPSA) is 95.6 Å². The number of amides is 1. The maximum atomic E-state index is 13.1. The molecule has 4 aromatic rings. The molecule has 0 fully saturated rings. The van der Waals surface area contributed by atoms with Gasteiger partial charge in [0.25, 0.3) is 5.91 Å². The van der Waals surface area contributed by atoms with Crippen LogP contribution in [0.2, 0.25) is 0 Å². The van der Waals surface area contributed by atoms with E-state index in [1.165, 1.54) is 18.2 Å². The summed E-state index contributed by atoms with van der Waals surface area (Å²) in [4.78, 5) is 20.9. The molecule has 0 spiro atoms. The van der Waals surface area contributed by atoms with Crippen LogP contribution in [0.25, 0.3) is 11.4 Å². The van der Waals surface area contributed by atoms with Crippen molar-refractivity contribution < 1.29 is 18.0 Å². The van der Waals surface area contributed by atoms with Gasteiger partial charge in [0.1, 0.15) is 5.82 Å². The minimum atomic E-state index is -4.48. The summed E-state index contributed by atoms with van der Waals surface area (Å²) in [7, 11) is 0. The van der Waals surface area contributed by atoms with Crippen LogP contribution in [0.1, 0.15) is 27.3 Å². The summed E-state index contributed by atoms with van der Waals surface area (Å²) in [6, 6.07) is 15.4. The summed E-state index contributed by atoms with van der Waals surface area (Å²) in [5, 5.41) is 12.7. The highest BCUT2D eigenvalue weighted by atomic mass is 19.4. The van der Waals surface area contributed by atoms with E-state index in [1.807, 2.05) is 0 Å². The Labute approximate surface area is 187 Å². The molecule has 0 saturated carbocycles. The molecule has 4 rings (SSSR count). The first-order chi connectivity index (χ1) is 15.9. The van der Waals surface area contributed by atoms with Gasteiger partial charge in [-0.05, 0) is 42.0 Å². The first-order valence-electron chi connectivity index (χ1n) is 9.99. The Balaban J connectivity index is 1.37. The van der Waals surface area contributed by atoms with Crippen molar-refractivity contribution in [3.8, 4) is 11.4 Å². The van der Waals surface area contributed by atoms with Gasteiger partial charge >= 0.3 is 6.18 Å². The Bertz CT molecular complexity index is 1240. The summed E-state index contributed by atoms with van der Waals surface area (Å²) in [6.45, 7) is 0.101. The zero-order valence-electron chi connectivity index (χ0n) is 17.2. The zero-order chi connectivity index (χ0) is 23.3. The molecule has 2 aromatic carbocycles. The predicted octanol–water partition coefficient (Wildman–Crippen LogP) is 4.43. The number of pyridine rings is 1. The Morgan fingerprint density at radius 3 is 2.55 bits per heavy atom. The Kier molecular flexibility index (Phi) is 6.34. The normalized spacial score (nSPS) is 11.2. The number of carbonyl (C=O) groups excluding carboxylic acids is 1. The molecular formula is C23H19F3N6O. The fourth-order valence-electron chi connectivity index (χ4n) is 3.19. The molecule has 1 amide bonds. The fourth-order valence-corrected chi connectivity index (χ4v) is 3.19. The molecular weight excluding hydrogens is 433 g/mol. The molecule has 0 aliphatic carbocycles. The van der Waals surface area contributed by atoms with Gasteiger partial charge in [-0.1, -0.05) is 24.3 Å². The summed E-state index contributed by atoms with van der Waals surface area (Å²) >= 11 is 0. The predicted molar refractivity (Wildman–Crippen MR) is 116 cm³/mol. The van der Waals surface area contributed by atoms with Crippen LogP contribution in [0.15, 0.2) is 73.1 Å². The van der Waals surface area contributed by atoms with Gasteiger partial charge in [-0.15, -0.1) is 0 Å². The van der Waals surface area contributed by atoms with Crippen molar-refractivity contribution in [1.29, 1.82) is 0 Å². The van der Waals surface area contributed by atoms with Gasteiger partial charge in [-0.3, -0.25) is 14.9 Å². The second-order valence-electron chi connectivity index (χ2n) is 7.11. The molecule has 168 valence electrons. The van der Waals surface area contributed by atoms with Gasteiger partial charge in [0.05, 0.1) is 12.1 Å². The van der Waals surface area contributed by atoms with Gasteiger partial charge in [0, 0.05) is 35.8 Å². The highest BCUT2D eigenvalue weighted by Gasteiger charge is 2.32. The lowest BCUT2D eigenvalue weighted by atomic mass is 10.1. The minimum absolute atomic E-state index is 0.00273. The van der Waals surface area contributed by atoms with Crippen LogP contribution in [-0.4, -0.2) is 26.1 Å². The molecule has 2 heterocycles. The average Bonchev–Trinajstić information content (AvgIpc) is 3.31. The van der Waals surface area contributed by atoms with Crippen LogP contribution in [0.4, 0.5) is 18.9 Å². The molecule has 0 radical (unpaired) electrons. The molecule has 0 saturated heterocycles. The molecule has 2 aromatic heterocycles. The van der Waals surface area contributed by atoms with Gasteiger partial charge in [0.2, 0.25) is 0 Å². The molecule has 0 bridgehead atoms. The van der Waals surface area contributed by atoms with E-state index in [4.69, 9.17) is 0 Å². The minimum Gasteiger partial charge on any atom is -0.378 e. The van der Waals surface area contributed by atoms with E-state index >= 15 is 0 Å². The number of alkyl halides is 3. The van der Waals surface area contributed by atoms with Gasteiger partial charge in [-0.25, -0.2) is 4.98 Å². The largest absolute Gasteiger partial charge is 0.416 e. The lowest BCUT2D eigenvalue weighted by molar-refractivity contribution is -0.138. The summed E-state index contributed by atoms with van der Waals surface area (Å²) in [5.74, 6) is 0.664. The summed E-state index contributed by atoms with van der Waals surface area (Å²) in [5.41, 5.74) is 1.04. The first kappa shape index (κ1) is 22.0. The van der Waals surface area contributed by atoms with Crippen molar-refractivity contribution in [2.75, 3.05) is 5.32 Å². The Hall–Kier alpha value is -4.21. The average molecular weight is 452 g/mol. The first-order valence-corrected chi connectivity index (χ1v) is 9.99. The van der Waals surface area contributed by atoms with E-state index in [0.29, 0.717) is 29.4 Å². The number of aromatic nitrogens is 4. The lowest BCUT2D eigenvalue weighted by Gasteiger charge is -2.13. The van der Waals surface area contributed by atoms with Crippen LogP contribution in [0.5, 0.6) is 0 Å². The molecule has 7 nitrogen and oxygen atoms in total. The number of anilines is 1. The number of carbonyl (C=O) groups is 1. The Morgan fingerprint density at radius 1 is 0.970 bits per heavy atom. The maximum absolute atomic E-state index is 13.1. The number of nitrogens with one attached hydrogen (secondary N) is 3. The van der Waals surface area contributed by atoms with Crippen molar-refractivity contribution in [2.45, 2.75) is 19.3 Å². The quantitative estimate of drug-likeness (QED) is 0.386. The van der Waals surface area contributed by atoms with Gasteiger partial charge in [-0.2, -0.15) is 18.3 Å². The fraction of sp³-hybridized carbons (Fsp3) is 0.130. The van der Waals surface area contributed by atoms with Gasteiger partial charge < -0.3 is 10.6 Å². The zero-order valence-corrected chi connectivity index (χ0v) is 17.2.